The minimum absolute atomic E-state index is 0.132. The molecule has 5 heteroatoms. The molecule has 1 spiro atoms. The van der Waals surface area contributed by atoms with Gasteiger partial charge in [0.15, 0.2) is 0 Å². The van der Waals surface area contributed by atoms with E-state index in [2.05, 4.69) is 46.2 Å². The number of H-pyrrole nitrogens is 1. The normalized spacial score (nSPS) is 19.9. The lowest BCUT2D eigenvalue weighted by Crippen LogP contribution is -2.46. The molecule has 2 aromatic heterocycles. The third-order valence-electron chi connectivity index (χ3n) is 6.39. The third-order valence-corrected chi connectivity index (χ3v) is 6.39. The molecule has 4 heterocycles. The maximum absolute atomic E-state index is 6.41. The van der Waals surface area contributed by atoms with Crippen molar-refractivity contribution in [3.8, 4) is 0 Å². The summed E-state index contributed by atoms with van der Waals surface area (Å²) in [6.07, 6.45) is 5.12. The van der Waals surface area contributed by atoms with Crippen LogP contribution in [0.1, 0.15) is 35.4 Å². The molecule has 0 radical (unpaired) electrons. The lowest BCUT2D eigenvalue weighted by atomic mass is 9.83. The number of hydrogen-bond donors (Lipinski definition) is 1. The van der Waals surface area contributed by atoms with Crippen molar-refractivity contribution in [1.82, 2.24) is 19.7 Å². The lowest BCUT2D eigenvalue weighted by molar-refractivity contribution is -0.101. The number of aromatic nitrogens is 3. The van der Waals surface area contributed by atoms with Gasteiger partial charge in [-0.3, -0.25) is 9.58 Å². The Morgan fingerprint density at radius 2 is 2.04 bits per heavy atom. The van der Waals surface area contributed by atoms with Gasteiger partial charge < -0.3 is 9.72 Å². The van der Waals surface area contributed by atoms with Crippen LogP contribution in [0.15, 0.2) is 30.5 Å². The van der Waals surface area contributed by atoms with Crippen LogP contribution < -0.4 is 0 Å². The molecule has 1 aromatic carbocycles. The highest BCUT2D eigenvalue weighted by molar-refractivity contribution is 5.85. The van der Waals surface area contributed by atoms with Gasteiger partial charge in [-0.25, -0.2) is 0 Å². The summed E-state index contributed by atoms with van der Waals surface area (Å²) in [5, 5.41) is 5.75. The Morgan fingerprint density at radius 3 is 2.81 bits per heavy atom. The zero-order valence-corrected chi connectivity index (χ0v) is 15.6. The zero-order chi connectivity index (χ0) is 17.7. The average molecular weight is 350 g/mol. The molecule has 3 aromatic rings. The number of rotatable bonds is 2. The predicted molar refractivity (Wildman–Crippen MR) is 102 cm³/mol. The number of nitrogens with zero attached hydrogens (tertiary/aromatic N) is 3. The molecule has 0 bridgehead atoms. The Labute approximate surface area is 153 Å². The third kappa shape index (κ3) is 2.42. The van der Waals surface area contributed by atoms with E-state index in [0.29, 0.717) is 0 Å². The first kappa shape index (κ1) is 16.1. The average Bonchev–Trinajstić information content (AvgIpc) is 3.20. The van der Waals surface area contributed by atoms with E-state index < -0.39 is 0 Å². The van der Waals surface area contributed by atoms with Crippen LogP contribution in [0.2, 0.25) is 0 Å². The summed E-state index contributed by atoms with van der Waals surface area (Å²) in [4.78, 5) is 6.23. The summed E-state index contributed by atoms with van der Waals surface area (Å²) in [7, 11) is 2.01. The highest BCUT2D eigenvalue weighted by Gasteiger charge is 2.42. The first-order valence-electron chi connectivity index (χ1n) is 9.60. The van der Waals surface area contributed by atoms with Gasteiger partial charge in [0.1, 0.15) is 5.60 Å². The number of aromatic amines is 1. The van der Waals surface area contributed by atoms with Gasteiger partial charge in [0.05, 0.1) is 18.5 Å². The Kier molecular flexibility index (Phi) is 3.69. The van der Waals surface area contributed by atoms with Crippen LogP contribution in [-0.4, -0.2) is 39.4 Å². The van der Waals surface area contributed by atoms with E-state index in [1.807, 2.05) is 17.9 Å². The SMILES string of the molecule is Cc1c(CN2CCC3(CC2)OCCc2c3[nH]c3ccccc23)cnn1C. The van der Waals surface area contributed by atoms with Crippen LogP contribution in [0.3, 0.4) is 0 Å². The second kappa shape index (κ2) is 5.96. The molecule has 0 amide bonds. The summed E-state index contributed by atoms with van der Waals surface area (Å²) in [5.41, 5.74) is 6.52. The largest absolute Gasteiger partial charge is 0.368 e. The first-order chi connectivity index (χ1) is 12.7. The summed E-state index contributed by atoms with van der Waals surface area (Å²) in [5.74, 6) is 0. The van der Waals surface area contributed by atoms with Crippen molar-refractivity contribution in [3.05, 3.63) is 53.0 Å². The van der Waals surface area contributed by atoms with Crippen molar-refractivity contribution in [2.75, 3.05) is 19.7 Å². The van der Waals surface area contributed by atoms with Gasteiger partial charge in [-0.2, -0.15) is 5.10 Å². The standard InChI is InChI=1S/C21H26N4O/c1-15-16(13-22-24(15)2)14-25-10-8-21(9-11-25)20-18(7-12-26-21)17-5-3-4-6-19(17)23-20/h3-6,13,23H,7-12,14H2,1-2H3. The zero-order valence-electron chi connectivity index (χ0n) is 15.6. The number of fused-ring (bicyclic) bond motifs is 4. The molecule has 5 nitrogen and oxygen atoms in total. The smallest absolute Gasteiger partial charge is 0.110 e. The maximum Gasteiger partial charge on any atom is 0.110 e. The molecule has 1 fully saturated rings. The van der Waals surface area contributed by atoms with Crippen LogP contribution >= 0.6 is 0 Å². The fourth-order valence-corrected chi connectivity index (χ4v) is 4.68. The number of aryl methyl sites for hydroxylation is 1. The predicted octanol–water partition coefficient (Wildman–Crippen LogP) is 3.27. The number of benzene rings is 1. The van der Waals surface area contributed by atoms with Crippen molar-refractivity contribution in [3.63, 3.8) is 0 Å². The molecule has 1 N–H and O–H groups in total. The van der Waals surface area contributed by atoms with E-state index in [-0.39, 0.29) is 5.60 Å². The quantitative estimate of drug-likeness (QED) is 0.771. The molecule has 136 valence electrons. The number of nitrogens with one attached hydrogen (secondary N) is 1. The highest BCUT2D eigenvalue weighted by Crippen LogP contribution is 2.43. The molecule has 5 rings (SSSR count). The van der Waals surface area contributed by atoms with Crippen LogP contribution in [0.5, 0.6) is 0 Å². The van der Waals surface area contributed by atoms with Gasteiger partial charge >= 0.3 is 0 Å². The fourth-order valence-electron chi connectivity index (χ4n) is 4.68. The van der Waals surface area contributed by atoms with Gasteiger partial charge in [0, 0.05) is 48.8 Å². The van der Waals surface area contributed by atoms with Gasteiger partial charge in [-0.05, 0) is 37.8 Å². The monoisotopic (exact) mass is 350 g/mol. The number of piperidine rings is 1. The maximum atomic E-state index is 6.41. The fraction of sp³-hybridized carbons (Fsp3) is 0.476. The van der Waals surface area contributed by atoms with Gasteiger partial charge in [0.25, 0.3) is 0 Å². The number of likely N-dealkylation sites (tertiary alicyclic amines) is 1. The van der Waals surface area contributed by atoms with E-state index in [4.69, 9.17) is 4.74 Å². The van der Waals surface area contributed by atoms with E-state index in [1.54, 1.807) is 0 Å². The van der Waals surface area contributed by atoms with E-state index >= 15 is 0 Å². The van der Waals surface area contributed by atoms with Gasteiger partial charge in [-0.1, -0.05) is 18.2 Å². The Hall–Kier alpha value is -2.11. The molecule has 0 saturated carbocycles. The molecule has 1 saturated heterocycles. The van der Waals surface area contributed by atoms with E-state index in [0.717, 1.165) is 45.5 Å². The van der Waals surface area contributed by atoms with Crippen LogP contribution in [0.25, 0.3) is 10.9 Å². The molecule has 0 unspecified atom stereocenters. The minimum atomic E-state index is -0.132. The summed E-state index contributed by atoms with van der Waals surface area (Å²) < 4.78 is 8.37. The lowest BCUT2D eigenvalue weighted by Gasteiger charge is -2.43. The number of hydrogen-bond acceptors (Lipinski definition) is 3. The van der Waals surface area contributed by atoms with E-state index in [1.165, 1.54) is 33.4 Å². The summed E-state index contributed by atoms with van der Waals surface area (Å²) in [6.45, 7) is 6.08. The second-order valence-corrected chi connectivity index (χ2v) is 7.77. The molecular weight excluding hydrogens is 324 g/mol. The molecule has 0 aliphatic carbocycles. The number of para-hydroxylation sites is 1. The topological polar surface area (TPSA) is 46.1 Å². The Morgan fingerprint density at radius 1 is 1.23 bits per heavy atom. The Balaban J connectivity index is 1.39. The molecule has 26 heavy (non-hydrogen) atoms. The van der Waals surface area contributed by atoms with Crippen LogP contribution in [0.4, 0.5) is 0 Å². The molecular formula is C21H26N4O. The van der Waals surface area contributed by atoms with Gasteiger partial charge in [0.2, 0.25) is 0 Å². The van der Waals surface area contributed by atoms with Crippen LogP contribution in [0, 0.1) is 6.92 Å². The summed E-state index contributed by atoms with van der Waals surface area (Å²) >= 11 is 0. The van der Waals surface area contributed by atoms with Crippen molar-refractivity contribution in [2.24, 2.45) is 7.05 Å². The van der Waals surface area contributed by atoms with E-state index in [9.17, 15) is 0 Å². The Bertz CT molecular complexity index is 946. The van der Waals surface area contributed by atoms with Gasteiger partial charge in [-0.15, -0.1) is 0 Å². The summed E-state index contributed by atoms with van der Waals surface area (Å²) in [6, 6.07) is 8.67. The second-order valence-electron chi connectivity index (χ2n) is 7.77. The van der Waals surface area contributed by atoms with Crippen LogP contribution in [-0.2, 0) is 30.4 Å². The van der Waals surface area contributed by atoms with Crippen molar-refractivity contribution >= 4 is 10.9 Å². The molecule has 2 aliphatic heterocycles. The number of ether oxygens (including phenoxy) is 1. The molecule has 0 atom stereocenters. The van der Waals surface area contributed by atoms with Crippen molar-refractivity contribution in [2.45, 2.75) is 38.3 Å². The first-order valence-corrected chi connectivity index (χ1v) is 9.60. The van der Waals surface area contributed by atoms with Crippen molar-refractivity contribution in [1.29, 1.82) is 0 Å². The molecule has 2 aliphatic rings. The highest BCUT2D eigenvalue weighted by atomic mass is 16.5. The van der Waals surface area contributed by atoms with Crippen molar-refractivity contribution < 1.29 is 4.74 Å². The minimum Gasteiger partial charge on any atom is -0.368 e.